The first-order valence-electron chi connectivity index (χ1n) is 4.03. The number of nitrogens with zero attached hydrogens (tertiary/aromatic N) is 1. The Bertz CT molecular complexity index is 379. The van der Waals surface area contributed by atoms with Gasteiger partial charge in [0.2, 0.25) is 0 Å². The van der Waals surface area contributed by atoms with E-state index in [0.29, 0.717) is 5.56 Å². The maximum absolute atomic E-state index is 11.0. The molecule has 1 aromatic rings. The number of carbonyl (C=O) groups is 1. The number of ether oxygens (including phenoxy) is 1. The number of nitriles is 1. The zero-order chi connectivity index (χ0) is 10.6. The Morgan fingerprint density at radius 3 is 2.93 bits per heavy atom. The van der Waals surface area contributed by atoms with Crippen molar-refractivity contribution in [2.24, 2.45) is 0 Å². The number of benzene rings is 1. The van der Waals surface area contributed by atoms with Gasteiger partial charge in [-0.05, 0) is 25.1 Å². The van der Waals surface area contributed by atoms with E-state index in [1.165, 1.54) is 13.0 Å². The third kappa shape index (κ3) is 2.57. The molecule has 4 heteroatoms. The highest BCUT2D eigenvalue weighted by atomic mass is 16.5. The van der Waals surface area contributed by atoms with Crippen LogP contribution in [0.15, 0.2) is 24.3 Å². The fraction of sp³-hybridized carbons (Fsp3) is 0.200. The molecule has 1 unspecified atom stereocenters. The summed E-state index contributed by atoms with van der Waals surface area (Å²) in [7, 11) is 0. The minimum Gasteiger partial charge on any atom is -0.425 e. The lowest BCUT2D eigenvalue weighted by Crippen LogP contribution is -2.22. The van der Waals surface area contributed by atoms with E-state index in [0.717, 1.165) is 0 Å². The van der Waals surface area contributed by atoms with E-state index in [2.05, 4.69) is 0 Å². The molecule has 0 aliphatic carbocycles. The van der Waals surface area contributed by atoms with Crippen LogP contribution in [0.4, 0.5) is 0 Å². The molecule has 1 atom stereocenters. The molecule has 0 saturated carbocycles. The van der Waals surface area contributed by atoms with E-state index in [1.807, 2.05) is 6.07 Å². The number of rotatable bonds is 2. The topological polar surface area (TPSA) is 70.3 Å². The molecule has 1 N–H and O–H groups in total. The predicted molar refractivity (Wildman–Crippen MR) is 48.5 cm³/mol. The lowest BCUT2D eigenvalue weighted by molar-refractivity contribution is -0.142. The van der Waals surface area contributed by atoms with Crippen LogP contribution in [0, 0.1) is 11.3 Å². The zero-order valence-corrected chi connectivity index (χ0v) is 7.60. The second-order valence-electron chi connectivity index (χ2n) is 2.74. The number of hydrogen-bond donors (Lipinski definition) is 1. The number of carbonyl (C=O) groups excluding carboxylic acids is 1. The van der Waals surface area contributed by atoms with Crippen LogP contribution in [0.25, 0.3) is 0 Å². The van der Waals surface area contributed by atoms with E-state index < -0.39 is 12.1 Å². The van der Waals surface area contributed by atoms with E-state index in [1.54, 1.807) is 18.2 Å². The molecule has 0 saturated heterocycles. The van der Waals surface area contributed by atoms with Gasteiger partial charge >= 0.3 is 5.97 Å². The van der Waals surface area contributed by atoms with Gasteiger partial charge in [0.05, 0.1) is 11.6 Å². The summed E-state index contributed by atoms with van der Waals surface area (Å²) in [4.78, 5) is 11.0. The van der Waals surface area contributed by atoms with Crippen LogP contribution in [-0.4, -0.2) is 17.2 Å². The van der Waals surface area contributed by atoms with Crippen LogP contribution < -0.4 is 4.74 Å². The summed E-state index contributed by atoms with van der Waals surface area (Å²) in [6.07, 6.45) is -1.17. The molecule has 0 aliphatic rings. The van der Waals surface area contributed by atoms with Gasteiger partial charge in [-0.25, -0.2) is 4.79 Å². The minimum absolute atomic E-state index is 0.259. The van der Waals surface area contributed by atoms with Gasteiger partial charge in [-0.2, -0.15) is 5.26 Å². The second-order valence-corrected chi connectivity index (χ2v) is 2.74. The molecular formula is C10H9NO3. The van der Waals surface area contributed by atoms with Crippen LogP contribution >= 0.6 is 0 Å². The van der Waals surface area contributed by atoms with Crippen molar-refractivity contribution in [3.63, 3.8) is 0 Å². The monoisotopic (exact) mass is 191 g/mol. The first-order valence-corrected chi connectivity index (χ1v) is 4.03. The molecule has 0 bridgehead atoms. The number of aliphatic hydroxyl groups excluding tert-OH is 1. The van der Waals surface area contributed by atoms with Crippen LogP contribution in [0.2, 0.25) is 0 Å². The molecule has 0 spiro atoms. The maximum Gasteiger partial charge on any atom is 0.340 e. The number of aliphatic hydroxyl groups is 1. The number of hydrogen-bond acceptors (Lipinski definition) is 4. The molecule has 0 fully saturated rings. The highest BCUT2D eigenvalue weighted by molar-refractivity contribution is 5.76. The maximum atomic E-state index is 11.0. The van der Waals surface area contributed by atoms with Crippen molar-refractivity contribution in [3.8, 4) is 11.8 Å². The summed E-state index contributed by atoms with van der Waals surface area (Å²) in [5, 5.41) is 17.4. The van der Waals surface area contributed by atoms with Gasteiger partial charge < -0.3 is 9.84 Å². The molecule has 72 valence electrons. The fourth-order valence-electron chi connectivity index (χ4n) is 0.831. The lowest BCUT2D eigenvalue weighted by atomic mass is 10.2. The van der Waals surface area contributed by atoms with Crippen LogP contribution in [0.5, 0.6) is 5.75 Å². The molecule has 0 aliphatic heterocycles. The molecule has 0 heterocycles. The fourth-order valence-corrected chi connectivity index (χ4v) is 0.831. The van der Waals surface area contributed by atoms with Gasteiger partial charge in [-0.15, -0.1) is 0 Å². The van der Waals surface area contributed by atoms with Gasteiger partial charge in [0.1, 0.15) is 11.9 Å². The molecule has 14 heavy (non-hydrogen) atoms. The SMILES string of the molecule is CC(O)C(=O)Oc1cccc(C#N)c1. The third-order valence-corrected chi connectivity index (χ3v) is 1.52. The minimum atomic E-state index is -1.17. The van der Waals surface area contributed by atoms with Gasteiger partial charge in [-0.1, -0.05) is 6.07 Å². The smallest absolute Gasteiger partial charge is 0.340 e. The Morgan fingerprint density at radius 1 is 1.64 bits per heavy atom. The molecule has 1 aromatic carbocycles. The quantitative estimate of drug-likeness (QED) is 0.555. The second kappa shape index (κ2) is 4.40. The zero-order valence-electron chi connectivity index (χ0n) is 7.60. The average molecular weight is 191 g/mol. The summed E-state index contributed by atoms with van der Waals surface area (Å²) in [5.74, 6) is -0.477. The molecule has 1 rings (SSSR count). The highest BCUT2D eigenvalue weighted by Crippen LogP contribution is 2.13. The van der Waals surface area contributed by atoms with E-state index in [9.17, 15) is 4.79 Å². The Morgan fingerprint density at radius 2 is 2.36 bits per heavy atom. The third-order valence-electron chi connectivity index (χ3n) is 1.52. The first kappa shape index (κ1) is 10.2. The van der Waals surface area contributed by atoms with Crippen molar-refractivity contribution < 1.29 is 14.6 Å². The normalized spacial score (nSPS) is 11.5. The average Bonchev–Trinajstić information content (AvgIpc) is 2.18. The Hall–Kier alpha value is -1.86. The van der Waals surface area contributed by atoms with Crippen LogP contribution in [-0.2, 0) is 4.79 Å². The lowest BCUT2D eigenvalue weighted by Gasteiger charge is -2.05. The predicted octanol–water partition coefficient (Wildman–Crippen LogP) is 0.844. The van der Waals surface area contributed by atoms with E-state index in [4.69, 9.17) is 15.1 Å². The van der Waals surface area contributed by atoms with Gasteiger partial charge in [0.25, 0.3) is 0 Å². The first-order chi connectivity index (χ1) is 6.63. The van der Waals surface area contributed by atoms with Crippen molar-refractivity contribution in [2.75, 3.05) is 0 Å². The standard InChI is InChI=1S/C10H9NO3/c1-7(12)10(13)14-9-4-2-3-8(5-9)6-11/h2-5,7,12H,1H3. The highest BCUT2D eigenvalue weighted by Gasteiger charge is 2.11. The molecular weight excluding hydrogens is 182 g/mol. The van der Waals surface area contributed by atoms with Crippen molar-refractivity contribution >= 4 is 5.97 Å². The Balaban J connectivity index is 2.78. The Labute approximate surface area is 81.4 Å². The Kier molecular flexibility index (Phi) is 3.21. The van der Waals surface area contributed by atoms with E-state index in [-0.39, 0.29) is 5.75 Å². The van der Waals surface area contributed by atoms with Gasteiger partial charge in [-0.3, -0.25) is 0 Å². The largest absolute Gasteiger partial charge is 0.425 e. The summed E-state index contributed by atoms with van der Waals surface area (Å²) in [5.41, 5.74) is 0.404. The summed E-state index contributed by atoms with van der Waals surface area (Å²) < 4.78 is 4.78. The molecule has 0 radical (unpaired) electrons. The van der Waals surface area contributed by atoms with E-state index >= 15 is 0 Å². The molecule has 0 aromatic heterocycles. The van der Waals surface area contributed by atoms with Gasteiger partial charge in [0.15, 0.2) is 0 Å². The van der Waals surface area contributed by atoms with Gasteiger partial charge in [0, 0.05) is 0 Å². The molecule has 0 amide bonds. The van der Waals surface area contributed by atoms with Crippen molar-refractivity contribution in [1.29, 1.82) is 5.26 Å². The van der Waals surface area contributed by atoms with Crippen LogP contribution in [0.1, 0.15) is 12.5 Å². The number of esters is 1. The summed E-state index contributed by atoms with van der Waals surface area (Å²) in [6, 6.07) is 8.09. The van der Waals surface area contributed by atoms with Crippen molar-refractivity contribution in [2.45, 2.75) is 13.0 Å². The van der Waals surface area contributed by atoms with Crippen LogP contribution in [0.3, 0.4) is 0 Å². The van der Waals surface area contributed by atoms with Crippen molar-refractivity contribution in [1.82, 2.24) is 0 Å². The summed E-state index contributed by atoms with van der Waals surface area (Å²) >= 11 is 0. The summed E-state index contributed by atoms with van der Waals surface area (Å²) in [6.45, 7) is 1.32. The van der Waals surface area contributed by atoms with Crippen molar-refractivity contribution in [3.05, 3.63) is 29.8 Å². The molecule has 4 nitrogen and oxygen atoms in total.